The molecular formula is C20H17BrN6O. The topological polar surface area (TPSA) is 68.3 Å². The maximum Gasteiger partial charge on any atom is 0.275 e. The van der Waals surface area contributed by atoms with E-state index in [1.165, 1.54) is 0 Å². The molecule has 0 spiro atoms. The van der Waals surface area contributed by atoms with Crippen molar-refractivity contribution < 1.29 is 4.79 Å². The van der Waals surface area contributed by atoms with Gasteiger partial charge in [0, 0.05) is 35.6 Å². The second-order valence-electron chi connectivity index (χ2n) is 6.81. The molecule has 8 heteroatoms. The number of aromatic nitrogens is 5. The van der Waals surface area contributed by atoms with Crippen LogP contribution in [0.2, 0.25) is 0 Å². The normalized spacial score (nSPS) is 16.4. The van der Waals surface area contributed by atoms with Crippen LogP contribution in [0.25, 0.3) is 16.9 Å². The van der Waals surface area contributed by atoms with Crippen LogP contribution in [-0.2, 0) is 6.54 Å². The van der Waals surface area contributed by atoms with Gasteiger partial charge in [-0.1, -0.05) is 0 Å². The SMILES string of the molecule is CC1c2ccc(-c3ccncn3)n2CCN1C(=O)c1cc2ccc(Br)cn2n1. The lowest BCUT2D eigenvalue weighted by Gasteiger charge is -2.35. The van der Waals surface area contributed by atoms with E-state index in [2.05, 4.69) is 54.6 Å². The Morgan fingerprint density at radius 1 is 1.18 bits per heavy atom. The molecule has 1 unspecified atom stereocenters. The van der Waals surface area contributed by atoms with Crippen molar-refractivity contribution >= 4 is 27.4 Å². The summed E-state index contributed by atoms with van der Waals surface area (Å²) in [7, 11) is 0. The van der Waals surface area contributed by atoms with Crippen molar-refractivity contribution in [2.75, 3.05) is 6.54 Å². The van der Waals surface area contributed by atoms with Gasteiger partial charge in [-0.15, -0.1) is 0 Å². The van der Waals surface area contributed by atoms with Crippen molar-refractivity contribution in [2.24, 2.45) is 0 Å². The number of nitrogens with zero attached hydrogens (tertiary/aromatic N) is 6. The zero-order chi connectivity index (χ0) is 19.3. The molecule has 0 saturated heterocycles. The molecule has 28 heavy (non-hydrogen) atoms. The smallest absolute Gasteiger partial charge is 0.275 e. The minimum Gasteiger partial charge on any atom is -0.340 e. The average molecular weight is 437 g/mol. The molecule has 0 N–H and O–H groups in total. The molecule has 0 radical (unpaired) electrons. The molecule has 4 aromatic heterocycles. The Bertz CT molecular complexity index is 1180. The summed E-state index contributed by atoms with van der Waals surface area (Å²) < 4.78 is 4.88. The zero-order valence-electron chi connectivity index (χ0n) is 15.2. The molecule has 1 atom stereocenters. The lowest BCUT2D eigenvalue weighted by atomic mass is 10.1. The Labute approximate surface area is 169 Å². The maximum absolute atomic E-state index is 13.2. The summed E-state index contributed by atoms with van der Waals surface area (Å²) in [6.45, 7) is 3.40. The first-order valence-corrected chi connectivity index (χ1v) is 9.83. The number of carbonyl (C=O) groups is 1. The lowest BCUT2D eigenvalue weighted by molar-refractivity contribution is 0.0638. The van der Waals surface area contributed by atoms with E-state index in [4.69, 9.17) is 0 Å². The molecule has 1 aliphatic rings. The third-order valence-corrected chi connectivity index (χ3v) is 5.69. The molecule has 5 heterocycles. The first kappa shape index (κ1) is 17.1. The first-order valence-electron chi connectivity index (χ1n) is 9.03. The van der Waals surface area contributed by atoms with Crippen LogP contribution in [0.3, 0.4) is 0 Å². The Hall–Kier alpha value is -3.00. The van der Waals surface area contributed by atoms with Gasteiger partial charge in [-0.2, -0.15) is 5.10 Å². The predicted octanol–water partition coefficient (Wildman–Crippen LogP) is 3.57. The molecular weight excluding hydrogens is 420 g/mol. The van der Waals surface area contributed by atoms with Crippen molar-refractivity contribution in [2.45, 2.75) is 19.5 Å². The summed E-state index contributed by atoms with van der Waals surface area (Å²) in [6.07, 6.45) is 5.15. The second-order valence-corrected chi connectivity index (χ2v) is 7.73. The van der Waals surface area contributed by atoms with Gasteiger partial charge in [-0.05, 0) is 59.3 Å². The van der Waals surface area contributed by atoms with Crippen LogP contribution in [-0.4, -0.2) is 41.5 Å². The van der Waals surface area contributed by atoms with Crippen molar-refractivity contribution in [3.63, 3.8) is 0 Å². The number of pyridine rings is 1. The summed E-state index contributed by atoms with van der Waals surface area (Å²) in [5.41, 5.74) is 4.39. The zero-order valence-corrected chi connectivity index (χ0v) is 16.7. The first-order chi connectivity index (χ1) is 13.6. The fraction of sp³-hybridized carbons (Fsp3) is 0.200. The van der Waals surface area contributed by atoms with Gasteiger partial charge in [0.2, 0.25) is 0 Å². The lowest BCUT2D eigenvalue weighted by Crippen LogP contribution is -2.41. The molecule has 140 valence electrons. The summed E-state index contributed by atoms with van der Waals surface area (Å²) >= 11 is 3.44. The number of carbonyl (C=O) groups excluding carboxylic acids is 1. The molecule has 0 aliphatic carbocycles. The van der Waals surface area contributed by atoms with E-state index >= 15 is 0 Å². The van der Waals surface area contributed by atoms with E-state index in [1.54, 1.807) is 17.0 Å². The molecule has 0 saturated carbocycles. The van der Waals surface area contributed by atoms with Gasteiger partial charge >= 0.3 is 0 Å². The molecule has 1 amide bonds. The van der Waals surface area contributed by atoms with E-state index in [-0.39, 0.29) is 11.9 Å². The van der Waals surface area contributed by atoms with Crippen LogP contribution in [0.4, 0.5) is 0 Å². The number of rotatable bonds is 2. The molecule has 4 aromatic rings. The molecule has 5 rings (SSSR count). The monoisotopic (exact) mass is 436 g/mol. The largest absolute Gasteiger partial charge is 0.340 e. The molecule has 0 bridgehead atoms. The average Bonchev–Trinajstić information content (AvgIpc) is 3.32. The minimum absolute atomic E-state index is 0.0478. The van der Waals surface area contributed by atoms with Gasteiger partial charge in [0.25, 0.3) is 5.91 Å². The van der Waals surface area contributed by atoms with E-state index < -0.39 is 0 Å². The minimum atomic E-state index is -0.0524. The quantitative estimate of drug-likeness (QED) is 0.481. The highest BCUT2D eigenvalue weighted by molar-refractivity contribution is 9.10. The molecule has 7 nitrogen and oxygen atoms in total. The fourth-order valence-electron chi connectivity index (χ4n) is 3.82. The molecule has 0 fully saturated rings. The number of amides is 1. The van der Waals surface area contributed by atoms with Gasteiger partial charge in [0.1, 0.15) is 6.33 Å². The van der Waals surface area contributed by atoms with Crippen LogP contribution in [0.1, 0.15) is 29.1 Å². The van der Waals surface area contributed by atoms with Crippen LogP contribution in [0, 0.1) is 0 Å². The Balaban J connectivity index is 1.46. The van der Waals surface area contributed by atoms with Gasteiger partial charge in [0.15, 0.2) is 5.69 Å². The fourth-order valence-corrected chi connectivity index (χ4v) is 4.14. The van der Waals surface area contributed by atoms with Crippen LogP contribution in [0.15, 0.2) is 59.6 Å². The highest BCUT2D eigenvalue weighted by Crippen LogP contribution is 2.32. The summed E-state index contributed by atoms with van der Waals surface area (Å²) in [4.78, 5) is 23.4. The van der Waals surface area contributed by atoms with Crippen LogP contribution in [0.5, 0.6) is 0 Å². The number of fused-ring (bicyclic) bond motifs is 2. The highest BCUT2D eigenvalue weighted by Gasteiger charge is 2.31. The van der Waals surface area contributed by atoms with Crippen molar-refractivity contribution in [1.29, 1.82) is 0 Å². The Kier molecular flexibility index (Phi) is 4.01. The third-order valence-electron chi connectivity index (χ3n) is 5.22. The summed E-state index contributed by atoms with van der Waals surface area (Å²) in [5.74, 6) is -0.0524. The van der Waals surface area contributed by atoms with Gasteiger partial charge in [-0.25, -0.2) is 14.5 Å². The third kappa shape index (κ3) is 2.72. The maximum atomic E-state index is 13.2. The Morgan fingerprint density at radius 2 is 2.07 bits per heavy atom. The molecule has 0 aromatic carbocycles. The van der Waals surface area contributed by atoms with E-state index in [1.807, 2.05) is 35.4 Å². The summed E-state index contributed by atoms with van der Waals surface area (Å²) in [5, 5.41) is 4.46. The number of hydrogen-bond donors (Lipinski definition) is 0. The summed E-state index contributed by atoms with van der Waals surface area (Å²) in [6, 6.07) is 11.7. The van der Waals surface area contributed by atoms with E-state index in [0.29, 0.717) is 12.2 Å². The number of hydrogen-bond acceptors (Lipinski definition) is 4. The second kappa shape index (κ2) is 6.56. The number of halogens is 1. The Morgan fingerprint density at radius 3 is 2.89 bits per heavy atom. The van der Waals surface area contributed by atoms with Crippen molar-refractivity contribution in [3.8, 4) is 11.4 Å². The standard InChI is InChI=1S/C20H17BrN6O/c1-13-18-4-5-19(16-6-7-22-12-23-16)26(18)9-8-25(13)20(28)17-10-15-3-2-14(21)11-27(15)24-17/h2-7,10-13H,8-9H2,1H3. The van der Waals surface area contributed by atoms with Gasteiger partial charge < -0.3 is 9.47 Å². The highest BCUT2D eigenvalue weighted by atomic mass is 79.9. The van der Waals surface area contributed by atoms with E-state index in [9.17, 15) is 4.79 Å². The van der Waals surface area contributed by atoms with Gasteiger partial charge in [-0.3, -0.25) is 4.79 Å². The van der Waals surface area contributed by atoms with Crippen molar-refractivity contribution in [3.05, 3.63) is 71.0 Å². The predicted molar refractivity (Wildman–Crippen MR) is 108 cm³/mol. The van der Waals surface area contributed by atoms with E-state index in [0.717, 1.165) is 33.6 Å². The van der Waals surface area contributed by atoms with Gasteiger partial charge in [0.05, 0.1) is 22.9 Å². The van der Waals surface area contributed by atoms with Crippen molar-refractivity contribution in [1.82, 2.24) is 29.0 Å². The van der Waals surface area contributed by atoms with Crippen LogP contribution < -0.4 is 0 Å². The van der Waals surface area contributed by atoms with Crippen LogP contribution >= 0.6 is 15.9 Å². The molecule has 1 aliphatic heterocycles.